The number of nitrogens with one attached hydrogen (secondary N) is 2. The number of fused-ring (bicyclic) bond motifs is 1. The molecule has 5 heteroatoms. The van der Waals surface area contributed by atoms with Crippen molar-refractivity contribution in [1.82, 2.24) is 15.3 Å². The van der Waals surface area contributed by atoms with Crippen LogP contribution < -0.4 is 5.32 Å². The van der Waals surface area contributed by atoms with Gasteiger partial charge in [-0.2, -0.15) is 0 Å². The Morgan fingerprint density at radius 2 is 2.29 bits per heavy atom. The molecule has 3 nitrogen and oxygen atoms in total. The molecule has 2 heterocycles. The molecule has 0 saturated carbocycles. The molecule has 0 radical (unpaired) electrons. The van der Waals surface area contributed by atoms with Crippen molar-refractivity contribution in [2.24, 2.45) is 0 Å². The van der Waals surface area contributed by atoms with Gasteiger partial charge in [-0.25, -0.2) is 9.37 Å². The smallest absolute Gasteiger partial charge is 0.124 e. The normalized spacial score (nSPS) is 24.6. The van der Waals surface area contributed by atoms with Crippen LogP contribution in [0.1, 0.15) is 23.9 Å². The van der Waals surface area contributed by atoms with Gasteiger partial charge in [0.2, 0.25) is 0 Å². The number of imidazole rings is 1. The molecular weight excluding hydrogens is 241 g/mol. The lowest BCUT2D eigenvalue weighted by Crippen LogP contribution is -2.14. The van der Waals surface area contributed by atoms with E-state index in [9.17, 15) is 4.39 Å². The SMILES string of the molecule is Cc1c(Cl)ccc2[nH]c([C@@H]3C[C@H](F)CN3)nc12. The lowest BCUT2D eigenvalue weighted by atomic mass is 10.2. The van der Waals surface area contributed by atoms with Crippen molar-refractivity contribution in [3.63, 3.8) is 0 Å². The monoisotopic (exact) mass is 253 g/mol. The second-order valence-corrected chi connectivity index (χ2v) is 4.89. The van der Waals surface area contributed by atoms with Gasteiger partial charge in [0.15, 0.2) is 0 Å². The number of halogens is 2. The van der Waals surface area contributed by atoms with E-state index in [2.05, 4.69) is 15.3 Å². The summed E-state index contributed by atoms with van der Waals surface area (Å²) in [5.41, 5.74) is 2.78. The number of benzene rings is 1. The van der Waals surface area contributed by atoms with E-state index >= 15 is 0 Å². The molecule has 0 aliphatic carbocycles. The van der Waals surface area contributed by atoms with E-state index in [-0.39, 0.29) is 6.04 Å². The minimum atomic E-state index is -0.780. The predicted molar refractivity (Wildman–Crippen MR) is 66.1 cm³/mol. The van der Waals surface area contributed by atoms with Crippen molar-refractivity contribution in [2.75, 3.05) is 6.54 Å². The molecule has 90 valence electrons. The van der Waals surface area contributed by atoms with Crippen LogP contribution in [0.4, 0.5) is 4.39 Å². The fourth-order valence-corrected chi connectivity index (χ4v) is 2.43. The maximum absolute atomic E-state index is 13.1. The van der Waals surface area contributed by atoms with Gasteiger partial charge in [0.05, 0.1) is 17.1 Å². The van der Waals surface area contributed by atoms with Gasteiger partial charge in [-0.05, 0) is 24.6 Å². The van der Waals surface area contributed by atoms with Crippen molar-refractivity contribution in [3.8, 4) is 0 Å². The van der Waals surface area contributed by atoms with Crippen LogP contribution in [0, 0.1) is 6.92 Å². The maximum Gasteiger partial charge on any atom is 0.124 e. The quantitative estimate of drug-likeness (QED) is 0.821. The molecule has 1 fully saturated rings. The zero-order valence-electron chi connectivity index (χ0n) is 9.43. The molecule has 1 aliphatic heterocycles. The van der Waals surface area contributed by atoms with E-state index in [1.807, 2.05) is 19.1 Å². The molecule has 1 aliphatic rings. The highest BCUT2D eigenvalue weighted by Crippen LogP contribution is 2.28. The largest absolute Gasteiger partial charge is 0.341 e. The number of nitrogens with zero attached hydrogens (tertiary/aromatic N) is 1. The molecule has 2 aromatic rings. The molecule has 2 atom stereocenters. The highest BCUT2D eigenvalue weighted by atomic mass is 35.5. The van der Waals surface area contributed by atoms with E-state index in [0.717, 1.165) is 22.4 Å². The minimum absolute atomic E-state index is 0.0180. The van der Waals surface area contributed by atoms with E-state index in [4.69, 9.17) is 11.6 Å². The summed E-state index contributed by atoms with van der Waals surface area (Å²) >= 11 is 6.05. The molecule has 1 saturated heterocycles. The van der Waals surface area contributed by atoms with Crippen molar-refractivity contribution in [3.05, 3.63) is 28.5 Å². The van der Waals surface area contributed by atoms with Crippen LogP contribution in [0.25, 0.3) is 11.0 Å². The number of alkyl halides is 1. The van der Waals surface area contributed by atoms with E-state index in [0.29, 0.717) is 18.0 Å². The number of aromatic nitrogens is 2. The van der Waals surface area contributed by atoms with Crippen LogP contribution in [-0.4, -0.2) is 22.7 Å². The number of rotatable bonds is 1. The molecule has 1 aromatic carbocycles. The second kappa shape index (κ2) is 3.96. The Bertz CT molecular complexity index is 566. The molecule has 1 aromatic heterocycles. The second-order valence-electron chi connectivity index (χ2n) is 4.48. The van der Waals surface area contributed by atoms with Crippen LogP contribution >= 0.6 is 11.6 Å². The van der Waals surface area contributed by atoms with Crippen molar-refractivity contribution in [2.45, 2.75) is 25.6 Å². The summed E-state index contributed by atoms with van der Waals surface area (Å²) in [6, 6.07) is 3.74. The molecule has 0 amide bonds. The van der Waals surface area contributed by atoms with Gasteiger partial charge < -0.3 is 10.3 Å². The Kier molecular flexibility index (Phi) is 2.56. The molecule has 0 bridgehead atoms. The highest BCUT2D eigenvalue weighted by molar-refractivity contribution is 6.32. The van der Waals surface area contributed by atoms with Crippen molar-refractivity contribution in [1.29, 1.82) is 0 Å². The zero-order chi connectivity index (χ0) is 12.0. The summed E-state index contributed by atoms with van der Waals surface area (Å²) in [6.45, 7) is 2.34. The first-order chi connectivity index (χ1) is 8.15. The summed E-state index contributed by atoms with van der Waals surface area (Å²) < 4.78 is 13.1. The van der Waals surface area contributed by atoms with E-state index in [1.54, 1.807) is 0 Å². The Morgan fingerprint density at radius 3 is 3.00 bits per heavy atom. The van der Waals surface area contributed by atoms with Gasteiger partial charge >= 0.3 is 0 Å². The molecule has 0 unspecified atom stereocenters. The molecule has 0 spiro atoms. The van der Waals surface area contributed by atoms with Crippen LogP contribution in [-0.2, 0) is 0 Å². The Hall–Kier alpha value is -1.13. The summed E-state index contributed by atoms with van der Waals surface area (Å²) in [4.78, 5) is 7.75. The summed E-state index contributed by atoms with van der Waals surface area (Å²) in [7, 11) is 0. The number of hydrogen-bond donors (Lipinski definition) is 2. The van der Waals surface area contributed by atoms with Crippen LogP contribution in [0.2, 0.25) is 5.02 Å². The number of aryl methyl sites for hydroxylation is 1. The molecular formula is C12H13ClFN3. The minimum Gasteiger partial charge on any atom is -0.341 e. The van der Waals surface area contributed by atoms with Gasteiger partial charge in [-0.15, -0.1) is 0 Å². The predicted octanol–water partition coefficient (Wildman–Crippen LogP) is 2.90. The first-order valence-corrected chi connectivity index (χ1v) is 6.05. The standard InChI is InChI=1S/C12H13ClFN3/c1-6-8(13)2-3-9-11(6)17-12(16-9)10-4-7(14)5-15-10/h2-3,7,10,15H,4-5H2,1H3,(H,16,17)/t7-,10-/m0/s1. The maximum atomic E-state index is 13.1. The lowest BCUT2D eigenvalue weighted by Gasteiger charge is -2.04. The van der Waals surface area contributed by atoms with Crippen LogP contribution in [0.5, 0.6) is 0 Å². The average molecular weight is 254 g/mol. The Morgan fingerprint density at radius 1 is 1.47 bits per heavy atom. The third-order valence-electron chi connectivity index (χ3n) is 3.27. The van der Waals surface area contributed by atoms with Gasteiger partial charge in [0.1, 0.15) is 12.0 Å². The fraction of sp³-hybridized carbons (Fsp3) is 0.417. The first-order valence-electron chi connectivity index (χ1n) is 5.67. The van der Waals surface area contributed by atoms with E-state index in [1.165, 1.54) is 0 Å². The molecule has 3 rings (SSSR count). The summed E-state index contributed by atoms with van der Waals surface area (Å²) in [6.07, 6.45) is -0.301. The number of H-pyrrole nitrogens is 1. The lowest BCUT2D eigenvalue weighted by molar-refractivity contribution is 0.355. The first kappa shape index (κ1) is 11.0. The van der Waals surface area contributed by atoms with Crippen molar-refractivity contribution < 1.29 is 4.39 Å². The fourth-order valence-electron chi connectivity index (χ4n) is 2.27. The van der Waals surface area contributed by atoms with Gasteiger partial charge in [-0.1, -0.05) is 11.6 Å². The molecule has 17 heavy (non-hydrogen) atoms. The number of hydrogen-bond acceptors (Lipinski definition) is 2. The van der Waals surface area contributed by atoms with E-state index < -0.39 is 6.17 Å². The zero-order valence-corrected chi connectivity index (χ0v) is 10.2. The van der Waals surface area contributed by atoms with Gasteiger partial charge in [0.25, 0.3) is 0 Å². The van der Waals surface area contributed by atoms with Gasteiger partial charge in [-0.3, -0.25) is 0 Å². The van der Waals surface area contributed by atoms with Crippen LogP contribution in [0.3, 0.4) is 0 Å². The van der Waals surface area contributed by atoms with Crippen molar-refractivity contribution >= 4 is 22.6 Å². The highest BCUT2D eigenvalue weighted by Gasteiger charge is 2.27. The third kappa shape index (κ3) is 1.81. The average Bonchev–Trinajstić information content (AvgIpc) is 2.90. The number of aromatic amines is 1. The third-order valence-corrected chi connectivity index (χ3v) is 3.68. The van der Waals surface area contributed by atoms with Crippen LogP contribution in [0.15, 0.2) is 12.1 Å². The summed E-state index contributed by atoms with van der Waals surface area (Å²) in [5.74, 6) is 0.797. The Labute approximate surface area is 103 Å². The van der Waals surface area contributed by atoms with Gasteiger partial charge in [0, 0.05) is 18.0 Å². The molecule has 2 N–H and O–H groups in total. The summed E-state index contributed by atoms with van der Waals surface area (Å²) in [5, 5.41) is 3.82. The Balaban J connectivity index is 2.05. The topological polar surface area (TPSA) is 40.7 Å².